The van der Waals surface area contributed by atoms with E-state index >= 15 is 0 Å². The molecule has 1 heterocycles. The minimum Gasteiger partial charge on any atom is -0.349 e. The van der Waals surface area contributed by atoms with E-state index in [2.05, 4.69) is 29.6 Å². The Bertz CT molecular complexity index is 497. The van der Waals surface area contributed by atoms with Gasteiger partial charge in [0.1, 0.15) is 0 Å². The number of carbonyl (C=O) groups is 1. The van der Waals surface area contributed by atoms with Crippen LogP contribution in [0.4, 0.5) is 0 Å². The van der Waals surface area contributed by atoms with E-state index in [4.69, 9.17) is 5.73 Å². The van der Waals surface area contributed by atoms with E-state index in [1.165, 1.54) is 10.5 Å². The van der Waals surface area contributed by atoms with Gasteiger partial charge in [-0.3, -0.25) is 4.79 Å². The molecule has 21 heavy (non-hydrogen) atoms. The Labute approximate surface area is 136 Å². The van der Waals surface area contributed by atoms with Crippen molar-refractivity contribution in [1.29, 1.82) is 0 Å². The molecule has 1 fully saturated rings. The summed E-state index contributed by atoms with van der Waals surface area (Å²) in [5, 5.41) is 3.26. The second kappa shape index (κ2) is 7.52. The molecule has 1 aromatic carbocycles. The van der Waals surface area contributed by atoms with Crippen LogP contribution in [0, 0.1) is 5.92 Å². The summed E-state index contributed by atoms with van der Waals surface area (Å²) < 4.78 is 0. The predicted molar refractivity (Wildman–Crippen MR) is 89.8 cm³/mol. The molecular formula is C16H23ClN2OS. The number of thioether (sulfide) groups is 1. The van der Waals surface area contributed by atoms with Gasteiger partial charge < -0.3 is 11.1 Å². The van der Waals surface area contributed by atoms with Crippen molar-refractivity contribution in [2.24, 2.45) is 11.7 Å². The van der Waals surface area contributed by atoms with Crippen molar-refractivity contribution < 1.29 is 4.79 Å². The van der Waals surface area contributed by atoms with Crippen LogP contribution >= 0.6 is 24.2 Å². The Kier molecular flexibility index (Phi) is 5.97. The summed E-state index contributed by atoms with van der Waals surface area (Å²) in [6.07, 6.45) is 4.99. The van der Waals surface area contributed by atoms with Crippen molar-refractivity contribution in [2.75, 3.05) is 5.75 Å². The number of hydrogen-bond donors (Lipinski definition) is 2. The smallest absolute Gasteiger partial charge is 0.223 e. The van der Waals surface area contributed by atoms with Crippen LogP contribution in [0.3, 0.4) is 0 Å². The third-order valence-corrected chi connectivity index (χ3v) is 5.48. The highest BCUT2D eigenvalue weighted by molar-refractivity contribution is 7.99. The predicted octanol–water partition coefficient (Wildman–Crippen LogP) is 3.28. The lowest BCUT2D eigenvalue weighted by molar-refractivity contribution is -0.126. The monoisotopic (exact) mass is 326 g/mol. The van der Waals surface area contributed by atoms with Crippen LogP contribution in [0.15, 0.2) is 29.2 Å². The van der Waals surface area contributed by atoms with Gasteiger partial charge in [0.2, 0.25) is 5.91 Å². The van der Waals surface area contributed by atoms with Crippen molar-refractivity contribution in [3.63, 3.8) is 0 Å². The van der Waals surface area contributed by atoms with E-state index in [1.54, 1.807) is 0 Å². The molecule has 3 unspecified atom stereocenters. The van der Waals surface area contributed by atoms with Gasteiger partial charge in [0.05, 0.1) is 6.04 Å². The molecule has 1 amide bonds. The summed E-state index contributed by atoms with van der Waals surface area (Å²) in [6, 6.07) is 8.79. The average Bonchev–Trinajstić information content (AvgIpc) is 2.47. The van der Waals surface area contributed by atoms with Gasteiger partial charge in [-0.15, -0.1) is 24.2 Å². The number of benzene rings is 1. The second-order valence-electron chi connectivity index (χ2n) is 5.86. The summed E-state index contributed by atoms with van der Waals surface area (Å²) in [6.45, 7) is 0. The summed E-state index contributed by atoms with van der Waals surface area (Å²) >= 11 is 1.88. The molecule has 1 aromatic rings. The number of hydrogen-bond acceptors (Lipinski definition) is 3. The quantitative estimate of drug-likeness (QED) is 0.877. The number of nitrogens with one attached hydrogen (secondary N) is 1. The topological polar surface area (TPSA) is 55.1 Å². The minimum atomic E-state index is 0. The molecule has 3 rings (SSSR count). The Morgan fingerprint density at radius 3 is 2.86 bits per heavy atom. The highest BCUT2D eigenvalue weighted by atomic mass is 35.5. The first-order chi connectivity index (χ1) is 9.74. The number of fused-ring (bicyclic) bond motifs is 1. The number of nitrogens with two attached hydrogens (primary N) is 1. The molecule has 3 N–H and O–H groups in total. The molecule has 0 spiro atoms. The summed E-state index contributed by atoms with van der Waals surface area (Å²) in [4.78, 5) is 13.8. The second-order valence-corrected chi connectivity index (χ2v) is 7.00. The van der Waals surface area contributed by atoms with Crippen molar-refractivity contribution >= 4 is 30.1 Å². The normalized spacial score (nSPS) is 28.1. The SMILES string of the molecule is Cl.NC1CCCC(C(=O)NC2CCSc3ccccc32)C1. The molecule has 3 nitrogen and oxygen atoms in total. The van der Waals surface area contributed by atoms with Gasteiger partial charge in [0.15, 0.2) is 0 Å². The first-order valence-corrected chi connectivity index (χ1v) is 8.50. The lowest BCUT2D eigenvalue weighted by atomic mass is 9.85. The molecule has 2 aliphatic rings. The summed E-state index contributed by atoms with van der Waals surface area (Å²) in [5.74, 6) is 1.39. The van der Waals surface area contributed by atoms with Crippen LogP contribution in [-0.4, -0.2) is 17.7 Å². The molecule has 116 valence electrons. The van der Waals surface area contributed by atoms with E-state index in [0.717, 1.165) is 37.9 Å². The first-order valence-electron chi connectivity index (χ1n) is 7.51. The first kappa shape index (κ1) is 16.7. The van der Waals surface area contributed by atoms with Crippen LogP contribution in [0.2, 0.25) is 0 Å². The molecule has 3 atom stereocenters. The fourth-order valence-electron chi connectivity index (χ4n) is 3.25. The van der Waals surface area contributed by atoms with E-state index in [-0.39, 0.29) is 36.3 Å². The van der Waals surface area contributed by atoms with Crippen LogP contribution in [0.1, 0.15) is 43.7 Å². The van der Waals surface area contributed by atoms with Crippen molar-refractivity contribution in [1.82, 2.24) is 5.32 Å². The zero-order valence-electron chi connectivity index (χ0n) is 12.1. The Morgan fingerprint density at radius 1 is 1.24 bits per heavy atom. The summed E-state index contributed by atoms with van der Waals surface area (Å²) in [7, 11) is 0. The van der Waals surface area contributed by atoms with Gasteiger partial charge >= 0.3 is 0 Å². The molecule has 5 heteroatoms. The third-order valence-electron chi connectivity index (χ3n) is 4.36. The maximum atomic E-state index is 12.4. The van der Waals surface area contributed by atoms with E-state index < -0.39 is 0 Å². The molecule has 0 aromatic heterocycles. The van der Waals surface area contributed by atoms with Crippen molar-refractivity contribution in [3.05, 3.63) is 29.8 Å². The Hall–Kier alpha value is -0.710. The maximum absolute atomic E-state index is 12.4. The van der Waals surface area contributed by atoms with Gasteiger partial charge in [-0.05, 0) is 37.3 Å². The Morgan fingerprint density at radius 2 is 2.05 bits per heavy atom. The van der Waals surface area contributed by atoms with Gasteiger partial charge in [-0.25, -0.2) is 0 Å². The zero-order chi connectivity index (χ0) is 13.9. The lowest BCUT2D eigenvalue weighted by Gasteiger charge is -2.30. The molecule has 0 saturated heterocycles. The van der Waals surface area contributed by atoms with Crippen LogP contribution in [0.5, 0.6) is 0 Å². The van der Waals surface area contributed by atoms with E-state index in [0.29, 0.717) is 0 Å². The highest BCUT2D eigenvalue weighted by Crippen LogP contribution is 2.36. The molecule has 1 aliphatic heterocycles. The fourth-order valence-corrected chi connectivity index (χ4v) is 4.37. The molecular weight excluding hydrogens is 304 g/mol. The third kappa shape index (κ3) is 3.93. The largest absolute Gasteiger partial charge is 0.349 e. The number of carbonyl (C=O) groups excluding carboxylic acids is 1. The molecule has 0 bridgehead atoms. The van der Waals surface area contributed by atoms with Gasteiger partial charge in [0.25, 0.3) is 0 Å². The highest BCUT2D eigenvalue weighted by Gasteiger charge is 2.28. The van der Waals surface area contributed by atoms with Gasteiger partial charge in [-0.1, -0.05) is 24.6 Å². The molecule has 0 radical (unpaired) electrons. The van der Waals surface area contributed by atoms with Gasteiger partial charge in [0, 0.05) is 22.6 Å². The minimum absolute atomic E-state index is 0. The van der Waals surface area contributed by atoms with Crippen LogP contribution in [0.25, 0.3) is 0 Å². The molecule has 1 aliphatic carbocycles. The van der Waals surface area contributed by atoms with E-state index in [1.807, 2.05) is 11.8 Å². The van der Waals surface area contributed by atoms with E-state index in [9.17, 15) is 4.79 Å². The van der Waals surface area contributed by atoms with Crippen LogP contribution < -0.4 is 11.1 Å². The number of rotatable bonds is 2. The van der Waals surface area contributed by atoms with Crippen molar-refractivity contribution in [2.45, 2.75) is 49.1 Å². The Balaban J connectivity index is 0.00000161. The van der Waals surface area contributed by atoms with Crippen molar-refractivity contribution in [3.8, 4) is 0 Å². The number of halogens is 1. The number of amides is 1. The van der Waals surface area contributed by atoms with Gasteiger partial charge in [-0.2, -0.15) is 0 Å². The average molecular weight is 327 g/mol. The zero-order valence-corrected chi connectivity index (χ0v) is 13.7. The van der Waals surface area contributed by atoms with Crippen LogP contribution in [-0.2, 0) is 4.79 Å². The lowest BCUT2D eigenvalue weighted by Crippen LogP contribution is -2.40. The summed E-state index contributed by atoms with van der Waals surface area (Å²) in [5.41, 5.74) is 7.26. The standard InChI is InChI=1S/C16H22N2OS.ClH/c17-12-5-3-4-11(10-12)16(19)18-14-8-9-20-15-7-2-1-6-13(14)15;/h1-2,6-7,11-12,14H,3-5,8-10,17H2,(H,18,19);1H. The fraction of sp³-hybridized carbons (Fsp3) is 0.562. The molecule has 1 saturated carbocycles. The maximum Gasteiger partial charge on any atom is 0.223 e.